The molecule has 1 aromatic rings. The number of benzene rings is 1. The maximum absolute atomic E-state index is 11.6. The van der Waals surface area contributed by atoms with E-state index in [2.05, 4.69) is 10.2 Å². The van der Waals surface area contributed by atoms with E-state index in [1.807, 2.05) is 24.3 Å². The van der Waals surface area contributed by atoms with Crippen molar-refractivity contribution in [2.24, 2.45) is 0 Å². The Labute approximate surface area is 143 Å². The predicted molar refractivity (Wildman–Crippen MR) is 93.1 cm³/mol. The van der Waals surface area contributed by atoms with E-state index in [9.17, 15) is 15.0 Å². The van der Waals surface area contributed by atoms with Gasteiger partial charge in [0.25, 0.3) is 0 Å². The highest BCUT2D eigenvalue weighted by atomic mass is 16.6. The van der Waals surface area contributed by atoms with Gasteiger partial charge in [0, 0.05) is 25.3 Å². The van der Waals surface area contributed by atoms with Crippen molar-refractivity contribution in [3.63, 3.8) is 0 Å². The predicted octanol–water partition coefficient (Wildman–Crippen LogP) is 2.21. The van der Waals surface area contributed by atoms with Crippen LogP contribution in [-0.4, -0.2) is 47.6 Å². The lowest BCUT2D eigenvalue weighted by atomic mass is 10.0. The molecule has 0 saturated carbocycles. The van der Waals surface area contributed by atoms with Crippen LogP contribution in [0, 0.1) is 0 Å². The fraction of sp³-hybridized carbons (Fsp3) is 0.611. The Balaban J connectivity index is 1.85. The zero-order valence-electron chi connectivity index (χ0n) is 14.7. The van der Waals surface area contributed by atoms with E-state index in [0.717, 1.165) is 18.8 Å². The Hall–Kier alpha value is -1.79. The van der Waals surface area contributed by atoms with Crippen LogP contribution in [0.5, 0.6) is 0 Å². The highest BCUT2D eigenvalue weighted by Gasteiger charge is 2.22. The molecular formula is C18H28N2O4. The van der Waals surface area contributed by atoms with E-state index >= 15 is 0 Å². The van der Waals surface area contributed by atoms with Crippen LogP contribution in [0.1, 0.15) is 45.3 Å². The van der Waals surface area contributed by atoms with E-state index in [-0.39, 0.29) is 6.54 Å². The van der Waals surface area contributed by atoms with Crippen molar-refractivity contribution < 1.29 is 19.7 Å². The first-order valence-corrected chi connectivity index (χ1v) is 8.44. The second kappa shape index (κ2) is 7.85. The van der Waals surface area contributed by atoms with Crippen LogP contribution >= 0.6 is 0 Å². The number of hydrogen-bond acceptors (Lipinski definition) is 5. The number of carbonyl (C=O) groups is 1. The zero-order chi connectivity index (χ0) is 17.7. The summed E-state index contributed by atoms with van der Waals surface area (Å²) in [6.45, 7) is 7.33. The third-order valence-corrected chi connectivity index (χ3v) is 3.92. The first-order valence-electron chi connectivity index (χ1n) is 8.44. The summed E-state index contributed by atoms with van der Waals surface area (Å²) in [5.41, 5.74) is 1.15. The van der Waals surface area contributed by atoms with Crippen molar-refractivity contribution in [1.29, 1.82) is 0 Å². The molecule has 1 aliphatic rings. The molecular weight excluding hydrogens is 308 g/mol. The molecule has 0 radical (unpaired) electrons. The molecule has 1 heterocycles. The van der Waals surface area contributed by atoms with Crippen molar-refractivity contribution in [3.8, 4) is 0 Å². The zero-order valence-corrected chi connectivity index (χ0v) is 14.7. The standard InChI is InChI=1S/C18H28N2O4/c1-18(2,3)24-17(23)19-12-15(21)16(22)13-6-8-14(9-7-13)20-10-4-5-11-20/h6-9,15-16,21-22H,4-5,10-12H2,1-3H3,(H,19,23). The number of rotatable bonds is 5. The maximum atomic E-state index is 11.6. The number of carbonyl (C=O) groups excluding carboxylic acids is 1. The lowest BCUT2D eigenvalue weighted by molar-refractivity contribution is 0.0129. The number of nitrogens with one attached hydrogen (secondary N) is 1. The molecule has 0 spiro atoms. The minimum atomic E-state index is -1.10. The molecule has 0 bridgehead atoms. The van der Waals surface area contributed by atoms with Gasteiger partial charge in [-0.2, -0.15) is 0 Å². The summed E-state index contributed by atoms with van der Waals surface area (Å²) in [6, 6.07) is 7.54. The Kier molecular flexibility index (Phi) is 6.07. The Bertz CT molecular complexity index is 533. The molecule has 1 saturated heterocycles. The molecule has 1 amide bonds. The SMILES string of the molecule is CC(C)(C)OC(=O)NCC(O)C(O)c1ccc(N2CCCC2)cc1. The lowest BCUT2D eigenvalue weighted by Crippen LogP contribution is -2.38. The third-order valence-electron chi connectivity index (χ3n) is 3.92. The number of anilines is 1. The Morgan fingerprint density at radius 3 is 2.33 bits per heavy atom. The van der Waals surface area contributed by atoms with E-state index < -0.39 is 23.9 Å². The average molecular weight is 336 g/mol. The van der Waals surface area contributed by atoms with Gasteiger partial charge >= 0.3 is 6.09 Å². The van der Waals surface area contributed by atoms with Crippen LogP contribution in [0.15, 0.2) is 24.3 Å². The molecule has 0 aliphatic carbocycles. The smallest absolute Gasteiger partial charge is 0.407 e. The van der Waals surface area contributed by atoms with Gasteiger partial charge in [-0.15, -0.1) is 0 Å². The monoisotopic (exact) mass is 336 g/mol. The molecule has 6 heteroatoms. The summed E-state index contributed by atoms with van der Waals surface area (Å²) in [5, 5.41) is 22.8. The number of ether oxygens (including phenoxy) is 1. The van der Waals surface area contributed by atoms with Crippen LogP contribution in [0.3, 0.4) is 0 Å². The first kappa shape index (κ1) is 18.5. The highest BCUT2D eigenvalue weighted by molar-refractivity contribution is 5.67. The summed E-state index contributed by atoms with van der Waals surface area (Å²) in [7, 11) is 0. The van der Waals surface area contributed by atoms with Crippen LogP contribution in [0.2, 0.25) is 0 Å². The Morgan fingerprint density at radius 2 is 1.79 bits per heavy atom. The molecule has 134 valence electrons. The quantitative estimate of drug-likeness (QED) is 0.768. The maximum Gasteiger partial charge on any atom is 0.407 e. The summed E-state index contributed by atoms with van der Waals surface area (Å²) >= 11 is 0. The minimum absolute atomic E-state index is 0.0794. The van der Waals surface area contributed by atoms with Gasteiger partial charge in [-0.25, -0.2) is 4.79 Å². The number of hydrogen-bond donors (Lipinski definition) is 3. The summed E-state index contributed by atoms with van der Waals surface area (Å²) < 4.78 is 5.10. The number of aliphatic hydroxyl groups is 2. The number of amides is 1. The van der Waals surface area contributed by atoms with Crippen molar-refractivity contribution in [3.05, 3.63) is 29.8 Å². The molecule has 24 heavy (non-hydrogen) atoms. The molecule has 2 unspecified atom stereocenters. The second-order valence-corrected chi connectivity index (χ2v) is 7.18. The van der Waals surface area contributed by atoms with Crippen molar-refractivity contribution >= 4 is 11.8 Å². The van der Waals surface area contributed by atoms with Gasteiger partial charge < -0.3 is 25.2 Å². The molecule has 0 aromatic heterocycles. The first-order chi connectivity index (χ1) is 11.3. The largest absolute Gasteiger partial charge is 0.444 e. The van der Waals surface area contributed by atoms with Gasteiger partial charge in [-0.1, -0.05) is 12.1 Å². The summed E-state index contributed by atoms with van der Waals surface area (Å²) in [5.74, 6) is 0. The van der Waals surface area contributed by atoms with E-state index in [4.69, 9.17) is 4.74 Å². The van der Waals surface area contributed by atoms with Crippen molar-refractivity contribution in [2.45, 2.75) is 51.4 Å². The van der Waals surface area contributed by atoms with E-state index in [1.54, 1.807) is 20.8 Å². The van der Waals surface area contributed by atoms with Crippen molar-refractivity contribution in [2.75, 3.05) is 24.5 Å². The number of aliphatic hydroxyl groups excluding tert-OH is 2. The molecule has 1 aromatic carbocycles. The van der Waals surface area contributed by atoms with Crippen LogP contribution < -0.4 is 10.2 Å². The van der Waals surface area contributed by atoms with Gasteiger partial charge in [-0.05, 0) is 51.3 Å². The molecule has 1 aliphatic heterocycles. The topological polar surface area (TPSA) is 82.0 Å². The van der Waals surface area contributed by atoms with Gasteiger partial charge in [0.05, 0.1) is 0 Å². The fourth-order valence-electron chi connectivity index (χ4n) is 2.69. The number of alkyl carbamates (subject to hydrolysis) is 1. The molecule has 3 N–H and O–H groups in total. The Morgan fingerprint density at radius 1 is 1.21 bits per heavy atom. The summed E-state index contributed by atoms with van der Waals surface area (Å²) in [4.78, 5) is 13.9. The molecule has 1 fully saturated rings. The summed E-state index contributed by atoms with van der Waals surface area (Å²) in [6.07, 6.45) is -0.361. The third kappa shape index (κ3) is 5.39. The minimum Gasteiger partial charge on any atom is -0.444 e. The van der Waals surface area contributed by atoms with Crippen LogP contribution in [-0.2, 0) is 4.74 Å². The fourth-order valence-corrected chi connectivity index (χ4v) is 2.69. The van der Waals surface area contributed by atoms with Gasteiger partial charge in [-0.3, -0.25) is 0 Å². The lowest BCUT2D eigenvalue weighted by Gasteiger charge is -2.23. The second-order valence-electron chi connectivity index (χ2n) is 7.18. The van der Waals surface area contributed by atoms with E-state index in [0.29, 0.717) is 5.56 Å². The molecule has 2 rings (SSSR count). The molecule has 6 nitrogen and oxygen atoms in total. The van der Waals surface area contributed by atoms with E-state index in [1.165, 1.54) is 12.8 Å². The van der Waals surface area contributed by atoms with Gasteiger partial charge in [0.15, 0.2) is 0 Å². The normalized spacial score (nSPS) is 17.5. The van der Waals surface area contributed by atoms with Crippen LogP contribution in [0.25, 0.3) is 0 Å². The van der Waals surface area contributed by atoms with Gasteiger partial charge in [0.1, 0.15) is 17.8 Å². The highest BCUT2D eigenvalue weighted by Crippen LogP contribution is 2.24. The molecule has 2 atom stereocenters. The number of nitrogens with zero attached hydrogens (tertiary/aromatic N) is 1. The van der Waals surface area contributed by atoms with Gasteiger partial charge in [0.2, 0.25) is 0 Å². The average Bonchev–Trinajstić information content (AvgIpc) is 3.05. The van der Waals surface area contributed by atoms with Crippen molar-refractivity contribution in [1.82, 2.24) is 5.32 Å². The van der Waals surface area contributed by atoms with Crippen LogP contribution in [0.4, 0.5) is 10.5 Å².